The highest BCUT2D eigenvalue weighted by Crippen LogP contribution is 2.15. The van der Waals surface area contributed by atoms with Crippen molar-refractivity contribution in [2.75, 3.05) is 5.48 Å². The molecule has 0 aliphatic carbocycles. The van der Waals surface area contributed by atoms with Gasteiger partial charge in [-0.1, -0.05) is 22.0 Å². The molecule has 0 aromatic heterocycles. The maximum atomic E-state index is 10.4. The lowest BCUT2D eigenvalue weighted by Crippen LogP contribution is -2.05. The first kappa shape index (κ1) is 9.06. The Kier molecular flexibility index (Phi) is 3.10. The Balaban J connectivity index is 2.57. The summed E-state index contributed by atoms with van der Waals surface area (Å²) in [4.78, 5) is 15.0. The van der Waals surface area contributed by atoms with Crippen LogP contribution in [0.25, 0.3) is 0 Å². The average molecular weight is 230 g/mol. The first-order valence-electron chi connectivity index (χ1n) is 3.37. The van der Waals surface area contributed by atoms with Crippen molar-refractivity contribution >= 4 is 27.6 Å². The van der Waals surface area contributed by atoms with Crippen LogP contribution in [0, 0.1) is 0 Å². The summed E-state index contributed by atoms with van der Waals surface area (Å²) in [5.74, 6) is -0.366. The van der Waals surface area contributed by atoms with Crippen LogP contribution in [-0.4, -0.2) is 5.97 Å². The van der Waals surface area contributed by atoms with E-state index in [-0.39, 0.29) is 5.97 Å². The molecule has 0 radical (unpaired) electrons. The van der Waals surface area contributed by atoms with Gasteiger partial charge in [0.2, 0.25) is 0 Å². The number of anilines is 1. The van der Waals surface area contributed by atoms with Gasteiger partial charge in [-0.15, -0.1) is 0 Å². The summed E-state index contributed by atoms with van der Waals surface area (Å²) in [5, 5.41) is 0. The summed E-state index contributed by atoms with van der Waals surface area (Å²) in [6.45, 7) is 1.34. The van der Waals surface area contributed by atoms with Gasteiger partial charge in [0.25, 0.3) is 0 Å². The molecule has 0 amide bonds. The number of nitrogens with one attached hydrogen (secondary N) is 1. The molecule has 0 saturated heterocycles. The Hall–Kier alpha value is -1.03. The Morgan fingerprint density at radius 1 is 1.58 bits per heavy atom. The van der Waals surface area contributed by atoms with Gasteiger partial charge in [-0.3, -0.25) is 4.79 Å². The predicted molar refractivity (Wildman–Crippen MR) is 49.5 cm³/mol. The molecule has 1 N–H and O–H groups in total. The smallest absolute Gasteiger partial charge is 0.329 e. The summed E-state index contributed by atoms with van der Waals surface area (Å²) >= 11 is 3.29. The molecule has 1 rings (SSSR count). The lowest BCUT2D eigenvalue weighted by atomic mass is 10.3. The van der Waals surface area contributed by atoms with Crippen LogP contribution in [0.15, 0.2) is 28.7 Å². The van der Waals surface area contributed by atoms with Gasteiger partial charge < -0.3 is 4.84 Å². The molecule has 0 atom stereocenters. The van der Waals surface area contributed by atoms with Crippen molar-refractivity contribution in [1.82, 2.24) is 0 Å². The van der Waals surface area contributed by atoms with Crippen molar-refractivity contribution in [3.8, 4) is 0 Å². The molecule has 1 aromatic rings. The van der Waals surface area contributed by atoms with E-state index in [0.717, 1.165) is 10.2 Å². The fraction of sp³-hybridized carbons (Fsp3) is 0.125. The van der Waals surface area contributed by atoms with Gasteiger partial charge in [0.05, 0.1) is 5.69 Å². The van der Waals surface area contributed by atoms with E-state index in [4.69, 9.17) is 0 Å². The summed E-state index contributed by atoms with van der Waals surface area (Å²) in [5.41, 5.74) is 3.24. The zero-order chi connectivity index (χ0) is 8.97. The van der Waals surface area contributed by atoms with Gasteiger partial charge in [-0.2, -0.15) is 0 Å². The predicted octanol–water partition coefficient (Wildman–Crippen LogP) is 2.34. The number of halogens is 1. The second-order valence-electron chi connectivity index (χ2n) is 2.21. The second-order valence-corrected chi connectivity index (χ2v) is 3.12. The van der Waals surface area contributed by atoms with Crippen molar-refractivity contribution in [3.63, 3.8) is 0 Å². The quantitative estimate of drug-likeness (QED) is 0.792. The molecule has 4 heteroatoms. The van der Waals surface area contributed by atoms with E-state index in [0.29, 0.717) is 0 Å². The molecule has 0 spiro atoms. The number of hydrogen-bond acceptors (Lipinski definition) is 3. The number of rotatable bonds is 2. The Morgan fingerprint density at radius 2 is 2.33 bits per heavy atom. The van der Waals surface area contributed by atoms with Gasteiger partial charge >= 0.3 is 5.97 Å². The highest BCUT2D eigenvalue weighted by atomic mass is 79.9. The van der Waals surface area contributed by atoms with E-state index in [1.807, 2.05) is 18.2 Å². The minimum absolute atomic E-state index is 0.366. The third-order valence-electron chi connectivity index (χ3n) is 1.14. The molecule has 0 aliphatic heterocycles. The van der Waals surface area contributed by atoms with E-state index in [1.54, 1.807) is 6.07 Å². The molecule has 3 nitrogen and oxygen atoms in total. The SMILES string of the molecule is CC(=O)ONc1cccc(Br)c1. The monoisotopic (exact) mass is 229 g/mol. The van der Waals surface area contributed by atoms with Crippen LogP contribution in [0.5, 0.6) is 0 Å². The maximum Gasteiger partial charge on any atom is 0.329 e. The lowest BCUT2D eigenvalue weighted by molar-refractivity contribution is -0.138. The molecule has 0 fully saturated rings. The highest BCUT2D eigenvalue weighted by molar-refractivity contribution is 9.10. The summed E-state index contributed by atoms with van der Waals surface area (Å²) in [6.07, 6.45) is 0. The van der Waals surface area contributed by atoms with E-state index < -0.39 is 0 Å². The van der Waals surface area contributed by atoms with E-state index in [9.17, 15) is 4.79 Å². The third kappa shape index (κ3) is 2.92. The molecule has 0 aliphatic rings. The van der Waals surface area contributed by atoms with Gasteiger partial charge in [0.15, 0.2) is 0 Å². The summed E-state index contributed by atoms with van der Waals surface area (Å²) < 4.78 is 0.930. The fourth-order valence-corrected chi connectivity index (χ4v) is 1.08. The van der Waals surface area contributed by atoms with Crippen LogP contribution in [0.4, 0.5) is 5.69 Å². The lowest BCUT2D eigenvalue weighted by Gasteiger charge is -2.03. The largest absolute Gasteiger partial charge is 0.344 e. The van der Waals surface area contributed by atoms with Crippen LogP contribution in [0.3, 0.4) is 0 Å². The van der Waals surface area contributed by atoms with E-state index in [2.05, 4.69) is 26.2 Å². The first-order chi connectivity index (χ1) is 5.68. The number of carbonyl (C=O) groups is 1. The molecule has 0 saturated carbocycles. The molecule has 1 aromatic carbocycles. The Labute approximate surface area is 78.8 Å². The van der Waals surface area contributed by atoms with Crippen LogP contribution < -0.4 is 5.48 Å². The topological polar surface area (TPSA) is 38.3 Å². The minimum Gasteiger partial charge on any atom is -0.344 e. The van der Waals surface area contributed by atoms with Crippen LogP contribution in [0.1, 0.15) is 6.92 Å². The van der Waals surface area contributed by atoms with Gasteiger partial charge in [-0.05, 0) is 18.2 Å². The van der Waals surface area contributed by atoms with Gasteiger partial charge in [0.1, 0.15) is 0 Å². The molecular weight excluding hydrogens is 222 g/mol. The zero-order valence-electron chi connectivity index (χ0n) is 6.50. The Bertz CT molecular complexity index is 288. The standard InChI is InChI=1S/C8H8BrNO2/c1-6(11)12-10-8-4-2-3-7(9)5-8/h2-5,10H,1H3. The number of carbonyl (C=O) groups excluding carboxylic acids is 1. The normalized spacial score (nSPS) is 9.17. The summed E-state index contributed by atoms with van der Waals surface area (Å²) in [6, 6.07) is 7.34. The molecular formula is C8H8BrNO2. The average Bonchev–Trinajstić information content (AvgIpc) is 2.01. The van der Waals surface area contributed by atoms with Crippen molar-refractivity contribution in [2.24, 2.45) is 0 Å². The zero-order valence-corrected chi connectivity index (χ0v) is 8.09. The van der Waals surface area contributed by atoms with Crippen molar-refractivity contribution in [3.05, 3.63) is 28.7 Å². The molecule has 0 heterocycles. The number of hydrogen-bond donors (Lipinski definition) is 1. The van der Waals surface area contributed by atoms with Crippen molar-refractivity contribution < 1.29 is 9.63 Å². The molecule has 12 heavy (non-hydrogen) atoms. The third-order valence-corrected chi connectivity index (χ3v) is 1.63. The van der Waals surface area contributed by atoms with Crippen LogP contribution >= 0.6 is 15.9 Å². The minimum atomic E-state index is -0.366. The second kappa shape index (κ2) is 4.11. The van der Waals surface area contributed by atoms with Gasteiger partial charge in [-0.25, -0.2) is 5.48 Å². The Morgan fingerprint density at radius 3 is 2.92 bits per heavy atom. The van der Waals surface area contributed by atoms with E-state index >= 15 is 0 Å². The van der Waals surface area contributed by atoms with Crippen molar-refractivity contribution in [2.45, 2.75) is 6.92 Å². The molecule has 64 valence electrons. The number of benzene rings is 1. The maximum absolute atomic E-state index is 10.4. The van der Waals surface area contributed by atoms with Crippen molar-refractivity contribution in [1.29, 1.82) is 0 Å². The summed E-state index contributed by atoms with van der Waals surface area (Å²) in [7, 11) is 0. The fourth-order valence-electron chi connectivity index (χ4n) is 0.683. The van der Waals surface area contributed by atoms with Crippen LogP contribution in [-0.2, 0) is 9.63 Å². The molecule has 0 unspecified atom stereocenters. The first-order valence-corrected chi connectivity index (χ1v) is 4.17. The van der Waals surface area contributed by atoms with Crippen LogP contribution in [0.2, 0.25) is 0 Å². The highest BCUT2D eigenvalue weighted by Gasteiger charge is 1.94. The molecule has 0 bridgehead atoms. The van der Waals surface area contributed by atoms with Gasteiger partial charge in [0, 0.05) is 11.4 Å². The van der Waals surface area contributed by atoms with E-state index in [1.165, 1.54) is 6.92 Å².